The molecule has 0 aromatic heterocycles. The van der Waals surface area contributed by atoms with Crippen LogP contribution < -0.4 is 0 Å². The molecule has 0 heterocycles. The predicted octanol–water partition coefficient (Wildman–Crippen LogP) is -2.92. The highest BCUT2D eigenvalue weighted by Gasteiger charge is 2.35. The van der Waals surface area contributed by atoms with Gasteiger partial charge in [-0.15, -0.1) is 0 Å². The molecule has 0 aromatic carbocycles. The van der Waals surface area contributed by atoms with Crippen molar-refractivity contribution >= 4 is 0 Å². The average Bonchev–Trinajstić information content (AvgIpc) is 2.36. The van der Waals surface area contributed by atoms with Crippen molar-refractivity contribution in [1.82, 2.24) is 4.90 Å². The van der Waals surface area contributed by atoms with Crippen molar-refractivity contribution in [3.05, 3.63) is 0 Å². The first kappa shape index (κ1) is 16.7. The van der Waals surface area contributed by atoms with Gasteiger partial charge in [-0.3, -0.25) is 4.90 Å². The summed E-state index contributed by atoms with van der Waals surface area (Å²) in [5.74, 6) is 0. The highest BCUT2D eigenvalue weighted by Crippen LogP contribution is 2.11. The Balaban J connectivity index is 4.51. The molecule has 0 rings (SSSR count). The van der Waals surface area contributed by atoms with Crippen LogP contribution in [0.15, 0.2) is 0 Å². The molecule has 1 unspecified atom stereocenters. The number of aliphatic hydroxyl groups excluding tert-OH is 6. The smallest absolute Gasteiger partial charge is 0.136 e. The molecule has 17 heavy (non-hydrogen) atoms. The normalized spacial score (nSPS) is 21.0. The fraction of sp³-hybridized carbons (Fsp3) is 1.00. The van der Waals surface area contributed by atoms with Crippen LogP contribution in [0, 0.1) is 0 Å². The number of likely N-dealkylation sites (N-methyl/N-ethyl adjacent to an activating group) is 1. The van der Waals surface area contributed by atoms with Crippen molar-refractivity contribution in [3.8, 4) is 0 Å². The molecule has 0 saturated carbocycles. The van der Waals surface area contributed by atoms with E-state index < -0.39 is 37.3 Å². The van der Waals surface area contributed by atoms with E-state index in [1.54, 1.807) is 13.8 Å². The van der Waals surface area contributed by atoms with E-state index in [-0.39, 0.29) is 0 Å². The number of hydrogen-bond acceptors (Lipinski definition) is 7. The Morgan fingerprint density at radius 1 is 0.824 bits per heavy atom. The Hall–Kier alpha value is -0.280. The maximum atomic E-state index is 9.71. The minimum Gasteiger partial charge on any atom is -0.394 e. The summed E-state index contributed by atoms with van der Waals surface area (Å²) in [6.45, 7) is 3.71. The standard InChI is InChI=1S/C10H23NO6/c1-3-11(4-2)10(17)9(16)8(15)7(14)6(13)5-12/h6-10,12-17H,3-5H2,1-2H3/t6-,7+,8-,9+,10?/m0/s1. The molecule has 0 amide bonds. The lowest BCUT2D eigenvalue weighted by atomic mass is 10.0. The predicted molar refractivity (Wildman–Crippen MR) is 60.0 cm³/mol. The van der Waals surface area contributed by atoms with Gasteiger partial charge in [0.25, 0.3) is 0 Å². The molecular weight excluding hydrogens is 230 g/mol. The van der Waals surface area contributed by atoms with Gasteiger partial charge in [-0.05, 0) is 13.1 Å². The highest BCUT2D eigenvalue weighted by molar-refractivity contribution is 4.84. The van der Waals surface area contributed by atoms with E-state index in [1.807, 2.05) is 0 Å². The van der Waals surface area contributed by atoms with Crippen LogP contribution in [0.5, 0.6) is 0 Å². The lowest BCUT2D eigenvalue weighted by Gasteiger charge is -2.33. The third kappa shape index (κ3) is 4.47. The van der Waals surface area contributed by atoms with E-state index in [0.717, 1.165) is 0 Å². The molecule has 0 saturated heterocycles. The van der Waals surface area contributed by atoms with E-state index >= 15 is 0 Å². The Kier molecular flexibility index (Phi) is 7.80. The van der Waals surface area contributed by atoms with Gasteiger partial charge in [-0.1, -0.05) is 13.8 Å². The Labute approximate surface area is 101 Å². The molecule has 7 heteroatoms. The lowest BCUT2D eigenvalue weighted by Crippen LogP contribution is -2.54. The SMILES string of the molecule is CCN(CC)C(O)[C@H](O)[C@@H](O)[C@H](O)[C@@H](O)CO. The van der Waals surface area contributed by atoms with E-state index in [2.05, 4.69) is 0 Å². The topological polar surface area (TPSA) is 125 Å². The van der Waals surface area contributed by atoms with Gasteiger partial charge in [0.1, 0.15) is 30.6 Å². The molecule has 0 spiro atoms. The number of rotatable bonds is 8. The van der Waals surface area contributed by atoms with Crippen molar-refractivity contribution < 1.29 is 30.6 Å². The molecule has 6 N–H and O–H groups in total. The summed E-state index contributed by atoms with van der Waals surface area (Å²) in [6, 6.07) is 0. The summed E-state index contributed by atoms with van der Waals surface area (Å²) in [5, 5.41) is 56.0. The summed E-state index contributed by atoms with van der Waals surface area (Å²) in [6.07, 6.45) is -8.01. The first-order valence-electron chi connectivity index (χ1n) is 5.65. The van der Waals surface area contributed by atoms with Gasteiger partial charge in [0.15, 0.2) is 0 Å². The zero-order chi connectivity index (χ0) is 13.6. The quantitative estimate of drug-likeness (QED) is 0.256. The monoisotopic (exact) mass is 253 g/mol. The third-order valence-electron chi connectivity index (χ3n) is 2.77. The number of aliphatic hydroxyl groups is 6. The summed E-state index contributed by atoms with van der Waals surface area (Å²) in [7, 11) is 0. The van der Waals surface area contributed by atoms with Crippen LogP contribution in [-0.2, 0) is 0 Å². The maximum Gasteiger partial charge on any atom is 0.136 e. The lowest BCUT2D eigenvalue weighted by molar-refractivity contribution is -0.169. The molecule has 0 aliphatic heterocycles. The molecule has 0 aliphatic rings. The molecule has 0 aromatic rings. The van der Waals surface area contributed by atoms with Crippen molar-refractivity contribution in [2.75, 3.05) is 19.7 Å². The maximum absolute atomic E-state index is 9.71. The average molecular weight is 253 g/mol. The van der Waals surface area contributed by atoms with Crippen molar-refractivity contribution in [1.29, 1.82) is 0 Å². The van der Waals surface area contributed by atoms with Crippen LogP contribution in [-0.4, -0.2) is 85.9 Å². The summed E-state index contributed by atoms with van der Waals surface area (Å²) < 4.78 is 0. The Morgan fingerprint density at radius 2 is 1.29 bits per heavy atom. The Bertz CT molecular complexity index is 201. The number of nitrogens with zero attached hydrogens (tertiary/aromatic N) is 1. The minimum atomic E-state index is -1.74. The molecule has 7 nitrogen and oxygen atoms in total. The minimum absolute atomic E-state index is 0.458. The largest absolute Gasteiger partial charge is 0.394 e. The van der Waals surface area contributed by atoms with Gasteiger partial charge < -0.3 is 30.6 Å². The zero-order valence-electron chi connectivity index (χ0n) is 10.1. The van der Waals surface area contributed by atoms with Crippen LogP contribution >= 0.6 is 0 Å². The van der Waals surface area contributed by atoms with Crippen LogP contribution in [0.25, 0.3) is 0 Å². The number of hydrogen-bond donors (Lipinski definition) is 6. The summed E-state index contributed by atoms with van der Waals surface area (Å²) in [4.78, 5) is 1.48. The van der Waals surface area contributed by atoms with Gasteiger partial charge in [0, 0.05) is 0 Å². The van der Waals surface area contributed by atoms with Crippen LogP contribution in [0.3, 0.4) is 0 Å². The van der Waals surface area contributed by atoms with Crippen molar-refractivity contribution in [3.63, 3.8) is 0 Å². The second-order valence-corrected chi connectivity index (χ2v) is 3.86. The summed E-state index contributed by atoms with van der Waals surface area (Å²) >= 11 is 0. The first-order chi connectivity index (χ1) is 7.90. The second kappa shape index (κ2) is 7.93. The zero-order valence-corrected chi connectivity index (χ0v) is 10.1. The van der Waals surface area contributed by atoms with Gasteiger partial charge in [-0.25, -0.2) is 0 Å². The molecule has 0 radical (unpaired) electrons. The molecule has 5 atom stereocenters. The molecule has 0 fully saturated rings. The van der Waals surface area contributed by atoms with Gasteiger partial charge in [0.2, 0.25) is 0 Å². The molecule has 0 bridgehead atoms. The van der Waals surface area contributed by atoms with E-state index in [1.165, 1.54) is 4.90 Å². The van der Waals surface area contributed by atoms with Crippen LogP contribution in [0.1, 0.15) is 13.8 Å². The van der Waals surface area contributed by atoms with Gasteiger partial charge >= 0.3 is 0 Å². The fourth-order valence-electron chi connectivity index (χ4n) is 1.53. The summed E-state index contributed by atoms with van der Waals surface area (Å²) in [5.41, 5.74) is 0. The first-order valence-corrected chi connectivity index (χ1v) is 5.65. The van der Waals surface area contributed by atoms with E-state index in [9.17, 15) is 20.4 Å². The molecular formula is C10H23NO6. The van der Waals surface area contributed by atoms with Crippen molar-refractivity contribution in [2.45, 2.75) is 44.5 Å². The van der Waals surface area contributed by atoms with Gasteiger partial charge in [-0.2, -0.15) is 0 Å². The second-order valence-electron chi connectivity index (χ2n) is 3.86. The Morgan fingerprint density at radius 3 is 1.65 bits per heavy atom. The molecule has 104 valence electrons. The van der Waals surface area contributed by atoms with E-state index in [0.29, 0.717) is 13.1 Å². The molecule has 0 aliphatic carbocycles. The fourth-order valence-corrected chi connectivity index (χ4v) is 1.53. The van der Waals surface area contributed by atoms with E-state index in [4.69, 9.17) is 10.2 Å². The third-order valence-corrected chi connectivity index (χ3v) is 2.77. The van der Waals surface area contributed by atoms with Gasteiger partial charge in [0.05, 0.1) is 6.61 Å². The highest BCUT2D eigenvalue weighted by atomic mass is 16.4. The van der Waals surface area contributed by atoms with Crippen LogP contribution in [0.4, 0.5) is 0 Å². The van der Waals surface area contributed by atoms with Crippen LogP contribution in [0.2, 0.25) is 0 Å². The van der Waals surface area contributed by atoms with Crippen molar-refractivity contribution in [2.24, 2.45) is 0 Å².